The van der Waals surface area contributed by atoms with Gasteiger partial charge in [-0.3, -0.25) is 0 Å². The number of urea groups is 1. The largest absolute Gasteiger partial charge is 0.416 e. The van der Waals surface area contributed by atoms with Gasteiger partial charge in [-0.15, -0.1) is 0 Å². The number of nitrogens with one attached hydrogen (secondary N) is 1. The van der Waals surface area contributed by atoms with Crippen molar-refractivity contribution in [1.82, 2.24) is 29.7 Å². The fourth-order valence-corrected chi connectivity index (χ4v) is 5.70. The summed E-state index contributed by atoms with van der Waals surface area (Å²) < 4.78 is 47.9. The Balaban J connectivity index is 1.19. The zero-order valence-corrected chi connectivity index (χ0v) is 20.7. The first-order valence-electron chi connectivity index (χ1n) is 12.7. The molecule has 2 saturated heterocycles. The second-order valence-electron chi connectivity index (χ2n) is 10.0. The zero-order chi connectivity index (χ0) is 26.7. The minimum Gasteiger partial charge on any atom is -0.371 e. The van der Waals surface area contributed by atoms with Gasteiger partial charge in [0.1, 0.15) is 12.4 Å². The van der Waals surface area contributed by atoms with Crippen LogP contribution in [0.2, 0.25) is 0 Å². The van der Waals surface area contributed by atoms with Gasteiger partial charge in [0.25, 0.3) is 0 Å². The molecule has 2 amide bonds. The highest BCUT2D eigenvalue weighted by Crippen LogP contribution is 2.36. The molecule has 7 rings (SSSR count). The summed E-state index contributed by atoms with van der Waals surface area (Å²) >= 11 is 0. The lowest BCUT2D eigenvalue weighted by molar-refractivity contribution is -0.137. The van der Waals surface area contributed by atoms with E-state index in [1.54, 1.807) is 18.5 Å². The van der Waals surface area contributed by atoms with E-state index < -0.39 is 17.8 Å². The lowest BCUT2D eigenvalue weighted by atomic mass is 10.0. The molecule has 0 aliphatic carbocycles. The number of carbonyl (C=O) groups excluding carboxylic acids is 1. The molecule has 2 aromatic heterocycles. The Bertz CT molecular complexity index is 1570. The molecule has 0 saturated carbocycles. The van der Waals surface area contributed by atoms with E-state index in [9.17, 15) is 18.0 Å². The van der Waals surface area contributed by atoms with Gasteiger partial charge in [-0.05, 0) is 35.4 Å². The number of imidazole rings is 1. The number of fused-ring (bicyclic) bond motifs is 4. The quantitative estimate of drug-likeness (QED) is 0.429. The van der Waals surface area contributed by atoms with Crippen LogP contribution in [0.25, 0.3) is 22.2 Å². The van der Waals surface area contributed by atoms with E-state index >= 15 is 0 Å². The number of amides is 2. The third-order valence-corrected chi connectivity index (χ3v) is 7.67. The number of benzene rings is 2. The molecule has 4 aromatic rings. The predicted octanol–water partition coefficient (Wildman–Crippen LogP) is 3.85. The number of piperazine rings is 1. The Hall–Kier alpha value is -4.19. The Morgan fingerprint density at radius 3 is 2.69 bits per heavy atom. The van der Waals surface area contributed by atoms with Gasteiger partial charge >= 0.3 is 12.2 Å². The number of carbonyl (C=O) groups is 1. The fourth-order valence-electron chi connectivity index (χ4n) is 5.70. The first kappa shape index (κ1) is 23.9. The van der Waals surface area contributed by atoms with Crippen LogP contribution in [0.1, 0.15) is 23.0 Å². The van der Waals surface area contributed by atoms with Gasteiger partial charge in [-0.1, -0.05) is 18.2 Å². The van der Waals surface area contributed by atoms with Gasteiger partial charge in [0, 0.05) is 44.1 Å². The van der Waals surface area contributed by atoms with Crippen molar-refractivity contribution in [3.05, 3.63) is 71.8 Å². The van der Waals surface area contributed by atoms with Crippen molar-refractivity contribution in [2.24, 2.45) is 0 Å². The van der Waals surface area contributed by atoms with Crippen molar-refractivity contribution in [3.63, 3.8) is 0 Å². The molecule has 200 valence electrons. The molecular weight excluding hydrogens is 511 g/mol. The number of ether oxygens (including phenoxy) is 1. The topological polar surface area (TPSA) is 88.4 Å². The number of hydrogen-bond donors (Lipinski definition) is 1. The number of alkyl halides is 3. The minimum absolute atomic E-state index is 0.0183. The lowest BCUT2D eigenvalue weighted by Gasteiger charge is -2.36. The van der Waals surface area contributed by atoms with Crippen LogP contribution in [0.4, 0.5) is 23.9 Å². The van der Waals surface area contributed by atoms with E-state index in [1.807, 2.05) is 27.7 Å². The third-order valence-electron chi connectivity index (χ3n) is 7.67. The van der Waals surface area contributed by atoms with Crippen molar-refractivity contribution >= 4 is 23.0 Å². The number of nitrogens with zero attached hydrogens (tertiary/aromatic N) is 6. The highest BCUT2D eigenvalue weighted by atomic mass is 19.4. The molecule has 39 heavy (non-hydrogen) atoms. The maximum absolute atomic E-state index is 13.4. The van der Waals surface area contributed by atoms with E-state index in [-0.39, 0.29) is 25.3 Å². The Kier molecular flexibility index (Phi) is 5.48. The molecule has 5 heterocycles. The van der Waals surface area contributed by atoms with Gasteiger partial charge < -0.3 is 24.4 Å². The molecule has 2 atom stereocenters. The van der Waals surface area contributed by atoms with Crippen molar-refractivity contribution in [3.8, 4) is 11.1 Å². The molecule has 12 heteroatoms. The molecule has 0 spiro atoms. The normalized spacial score (nSPS) is 21.2. The number of halogens is 3. The average Bonchev–Trinajstić information content (AvgIpc) is 3.52. The maximum Gasteiger partial charge on any atom is 0.416 e. The second-order valence-corrected chi connectivity index (χ2v) is 10.0. The summed E-state index contributed by atoms with van der Waals surface area (Å²) in [5, 5.41) is 2.88. The van der Waals surface area contributed by atoms with Crippen LogP contribution < -0.4 is 10.2 Å². The molecule has 3 aliphatic rings. The van der Waals surface area contributed by atoms with E-state index in [0.29, 0.717) is 43.5 Å². The molecule has 3 aliphatic heterocycles. The first-order chi connectivity index (χ1) is 18.8. The van der Waals surface area contributed by atoms with Crippen molar-refractivity contribution in [1.29, 1.82) is 0 Å². The van der Waals surface area contributed by atoms with Crippen molar-refractivity contribution < 1.29 is 22.7 Å². The summed E-state index contributed by atoms with van der Waals surface area (Å²) in [5.74, 6) is 1.28. The number of hydrogen-bond acceptors (Lipinski definition) is 6. The molecule has 9 nitrogen and oxygen atoms in total. The SMILES string of the molecule is O=C1NCC2CN(c3ncc(-c4ccc5nc6n(c5c4)C(c4cccc(C(F)(F)F)c4)COC6)cn3)CCN12. The van der Waals surface area contributed by atoms with Crippen LogP contribution in [-0.2, 0) is 17.5 Å². The van der Waals surface area contributed by atoms with E-state index in [2.05, 4.69) is 25.2 Å². The molecule has 2 aromatic carbocycles. The van der Waals surface area contributed by atoms with Crippen LogP contribution in [0.15, 0.2) is 54.9 Å². The fraction of sp³-hybridized carbons (Fsp3) is 0.333. The summed E-state index contributed by atoms with van der Waals surface area (Å²) in [6.45, 7) is 3.11. The minimum atomic E-state index is -4.43. The van der Waals surface area contributed by atoms with Gasteiger partial charge in [0.05, 0.1) is 35.3 Å². The van der Waals surface area contributed by atoms with Crippen LogP contribution in [-0.4, -0.2) is 69.3 Å². The van der Waals surface area contributed by atoms with Crippen molar-refractivity contribution in [2.45, 2.75) is 24.9 Å². The summed E-state index contributed by atoms with van der Waals surface area (Å²) in [4.78, 5) is 29.7. The van der Waals surface area contributed by atoms with E-state index in [1.165, 1.54) is 12.1 Å². The average molecular weight is 536 g/mol. The third kappa shape index (κ3) is 4.15. The molecule has 2 fully saturated rings. The van der Waals surface area contributed by atoms with E-state index in [4.69, 9.17) is 4.74 Å². The van der Waals surface area contributed by atoms with Gasteiger partial charge in [0.15, 0.2) is 0 Å². The molecule has 1 N–H and O–H groups in total. The lowest BCUT2D eigenvalue weighted by Crippen LogP contribution is -2.52. The highest BCUT2D eigenvalue weighted by Gasteiger charge is 2.36. The van der Waals surface area contributed by atoms with Gasteiger partial charge in [-0.25, -0.2) is 19.7 Å². The summed E-state index contributed by atoms with van der Waals surface area (Å²) in [6, 6.07) is 10.8. The monoisotopic (exact) mass is 535 g/mol. The van der Waals surface area contributed by atoms with Gasteiger partial charge in [0.2, 0.25) is 5.95 Å². The van der Waals surface area contributed by atoms with E-state index in [0.717, 1.165) is 28.2 Å². The maximum atomic E-state index is 13.4. The van der Waals surface area contributed by atoms with Crippen LogP contribution in [0.5, 0.6) is 0 Å². The molecule has 2 unspecified atom stereocenters. The predicted molar refractivity (Wildman–Crippen MR) is 136 cm³/mol. The van der Waals surface area contributed by atoms with Crippen LogP contribution >= 0.6 is 0 Å². The summed E-state index contributed by atoms with van der Waals surface area (Å²) in [7, 11) is 0. The smallest absolute Gasteiger partial charge is 0.371 e. The summed E-state index contributed by atoms with van der Waals surface area (Å²) in [6.07, 6.45) is -0.882. The Labute approximate surface area is 221 Å². The molecule has 0 bridgehead atoms. The van der Waals surface area contributed by atoms with Crippen LogP contribution in [0.3, 0.4) is 0 Å². The zero-order valence-electron chi connectivity index (χ0n) is 20.7. The molecule has 0 radical (unpaired) electrons. The Morgan fingerprint density at radius 2 is 1.87 bits per heavy atom. The van der Waals surface area contributed by atoms with Gasteiger partial charge in [-0.2, -0.15) is 13.2 Å². The van der Waals surface area contributed by atoms with Crippen molar-refractivity contribution in [2.75, 3.05) is 37.7 Å². The second kappa shape index (κ2) is 8.94. The Morgan fingerprint density at radius 1 is 1.03 bits per heavy atom. The summed E-state index contributed by atoms with van der Waals surface area (Å²) in [5.41, 5.74) is 3.07. The number of rotatable bonds is 3. The standard InChI is InChI=1S/C27H24F3N7O2/c28-27(29,30)19-3-1-2-17(8-19)23-14-39-15-24-34-21-5-4-16(9-22(21)37(23)24)18-10-31-25(32-11-18)35-6-7-36-20(13-35)12-33-26(36)38/h1-5,8-11,20,23H,6-7,12-15H2,(H,33,38). The highest BCUT2D eigenvalue weighted by molar-refractivity contribution is 5.83. The number of anilines is 1. The van der Waals surface area contributed by atoms with Crippen LogP contribution in [0, 0.1) is 0 Å². The number of aromatic nitrogens is 4. The first-order valence-corrected chi connectivity index (χ1v) is 12.7. The molecular formula is C27H24F3N7O2.